The van der Waals surface area contributed by atoms with Gasteiger partial charge >= 0.3 is 0 Å². The number of nitrogens with zero attached hydrogens (tertiary/aromatic N) is 2. The summed E-state index contributed by atoms with van der Waals surface area (Å²) in [5.74, 6) is 0. The summed E-state index contributed by atoms with van der Waals surface area (Å²) in [4.78, 5) is 4.07. The first-order valence-electron chi connectivity index (χ1n) is 6.93. The number of nitrogens with two attached hydrogens (primary N) is 1. The van der Waals surface area contributed by atoms with E-state index in [1.807, 2.05) is 35.3 Å². The lowest BCUT2D eigenvalue weighted by molar-refractivity contribution is 0.0255. The smallest absolute Gasteiger partial charge is 0.0989 e. The van der Waals surface area contributed by atoms with Gasteiger partial charge in [0.1, 0.15) is 0 Å². The van der Waals surface area contributed by atoms with Gasteiger partial charge < -0.3 is 15.0 Å². The van der Waals surface area contributed by atoms with Crippen molar-refractivity contribution < 1.29 is 4.74 Å². The number of hydrogen-bond donors (Lipinski definition) is 1. The Balaban J connectivity index is 0.00000161. The number of hydrogen-bond acceptors (Lipinski definition) is 3. The lowest BCUT2D eigenvalue weighted by Crippen LogP contribution is -2.38. The molecule has 1 aliphatic carbocycles. The molecule has 4 nitrogen and oxygen atoms in total. The van der Waals surface area contributed by atoms with Gasteiger partial charge in [0.05, 0.1) is 25.1 Å². The fraction of sp³-hybridized carbons (Fsp3) is 0.312. The van der Waals surface area contributed by atoms with E-state index in [4.69, 9.17) is 10.5 Å². The predicted octanol–water partition coefficient (Wildman–Crippen LogP) is 2.85. The van der Waals surface area contributed by atoms with E-state index in [9.17, 15) is 0 Å². The molecule has 5 heteroatoms. The van der Waals surface area contributed by atoms with Gasteiger partial charge in [-0.2, -0.15) is 0 Å². The Hall–Kier alpha value is -1.62. The van der Waals surface area contributed by atoms with Crippen LogP contribution < -0.4 is 5.73 Å². The van der Waals surface area contributed by atoms with Gasteiger partial charge in [-0.25, -0.2) is 4.98 Å². The molecule has 1 aromatic carbocycles. The van der Waals surface area contributed by atoms with Crippen molar-refractivity contribution in [3.05, 3.63) is 60.7 Å². The third-order valence-corrected chi connectivity index (χ3v) is 3.64. The summed E-state index contributed by atoms with van der Waals surface area (Å²) >= 11 is 0. The van der Waals surface area contributed by atoms with Gasteiger partial charge in [0, 0.05) is 18.1 Å². The molecule has 0 bridgehead atoms. The highest BCUT2D eigenvalue weighted by Crippen LogP contribution is 2.24. The molecule has 0 amide bonds. The van der Waals surface area contributed by atoms with E-state index >= 15 is 0 Å². The number of benzene rings is 1. The molecule has 0 aliphatic heterocycles. The molecule has 1 aliphatic rings. The SMILES string of the molecule is Cl.NC1C=C(n2ccnc2)CCC1OCc1ccccc1. The Labute approximate surface area is 131 Å². The molecule has 2 unspecified atom stereocenters. The summed E-state index contributed by atoms with van der Waals surface area (Å²) in [5, 5.41) is 0. The molecule has 0 spiro atoms. The summed E-state index contributed by atoms with van der Waals surface area (Å²) < 4.78 is 7.97. The van der Waals surface area contributed by atoms with Crippen molar-refractivity contribution in [2.24, 2.45) is 5.73 Å². The first-order chi connectivity index (χ1) is 9.83. The molecule has 2 atom stereocenters. The van der Waals surface area contributed by atoms with Crippen LogP contribution in [0.3, 0.4) is 0 Å². The average molecular weight is 306 g/mol. The summed E-state index contributed by atoms with van der Waals surface area (Å²) in [7, 11) is 0. The quantitative estimate of drug-likeness (QED) is 0.945. The minimum absolute atomic E-state index is 0. The van der Waals surface area contributed by atoms with E-state index in [1.165, 1.54) is 11.3 Å². The van der Waals surface area contributed by atoms with E-state index in [-0.39, 0.29) is 24.6 Å². The van der Waals surface area contributed by atoms with Gasteiger partial charge in [-0.05, 0) is 24.5 Å². The fourth-order valence-electron chi connectivity index (χ4n) is 2.51. The van der Waals surface area contributed by atoms with E-state index in [2.05, 4.69) is 23.2 Å². The van der Waals surface area contributed by atoms with Crippen molar-refractivity contribution in [1.29, 1.82) is 0 Å². The van der Waals surface area contributed by atoms with Crippen molar-refractivity contribution in [3.63, 3.8) is 0 Å². The van der Waals surface area contributed by atoms with Gasteiger partial charge in [-0.15, -0.1) is 12.4 Å². The molecular weight excluding hydrogens is 286 g/mol. The van der Waals surface area contributed by atoms with Crippen LogP contribution in [0.4, 0.5) is 0 Å². The average Bonchev–Trinajstić information content (AvgIpc) is 3.01. The van der Waals surface area contributed by atoms with E-state index in [0.29, 0.717) is 6.61 Å². The lowest BCUT2D eigenvalue weighted by Gasteiger charge is -2.28. The maximum atomic E-state index is 6.20. The molecule has 1 aromatic heterocycles. The van der Waals surface area contributed by atoms with Crippen molar-refractivity contribution in [1.82, 2.24) is 9.55 Å². The molecule has 21 heavy (non-hydrogen) atoms. The van der Waals surface area contributed by atoms with Crippen molar-refractivity contribution in [3.8, 4) is 0 Å². The maximum Gasteiger partial charge on any atom is 0.0989 e. The molecule has 0 radical (unpaired) electrons. The third kappa shape index (κ3) is 3.94. The summed E-state index contributed by atoms with van der Waals surface area (Å²) in [6, 6.07) is 10.1. The Morgan fingerprint density at radius 1 is 1.29 bits per heavy atom. The first-order valence-corrected chi connectivity index (χ1v) is 6.93. The molecule has 0 fully saturated rings. The highest BCUT2D eigenvalue weighted by atomic mass is 35.5. The number of ether oxygens (including phenoxy) is 1. The topological polar surface area (TPSA) is 53.1 Å². The largest absolute Gasteiger partial charge is 0.372 e. The van der Waals surface area contributed by atoms with Crippen LogP contribution in [-0.4, -0.2) is 21.7 Å². The van der Waals surface area contributed by atoms with Gasteiger partial charge in [-0.3, -0.25) is 0 Å². The molecule has 112 valence electrons. The van der Waals surface area contributed by atoms with E-state index in [0.717, 1.165) is 12.8 Å². The second kappa shape index (κ2) is 7.41. The maximum absolute atomic E-state index is 6.20. The predicted molar refractivity (Wildman–Crippen MR) is 86.0 cm³/mol. The number of halogens is 1. The first kappa shape index (κ1) is 15.8. The molecule has 2 aromatic rings. The minimum Gasteiger partial charge on any atom is -0.372 e. The van der Waals surface area contributed by atoms with Gasteiger partial charge in [0.25, 0.3) is 0 Å². The minimum atomic E-state index is -0.0649. The number of rotatable bonds is 4. The van der Waals surface area contributed by atoms with E-state index < -0.39 is 0 Å². The van der Waals surface area contributed by atoms with Crippen molar-refractivity contribution in [2.45, 2.75) is 31.6 Å². The summed E-state index contributed by atoms with van der Waals surface area (Å²) in [6.07, 6.45) is 9.61. The number of aromatic nitrogens is 2. The van der Waals surface area contributed by atoms with Crippen molar-refractivity contribution >= 4 is 18.1 Å². The Bertz CT molecular complexity index is 568. The molecule has 2 N–H and O–H groups in total. The summed E-state index contributed by atoms with van der Waals surface area (Å²) in [5.41, 5.74) is 8.59. The van der Waals surface area contributed by atoms with Crippen LogP contribution in [-0.2, 0) is 11.3 Å². The molecule has 0 saturated carbocycles. The second-order valence-electron chi connectivity index (χ2n) is 5.08. The Morgan fingerprint density at radius 2 is 2.10 bits per heavy atom. The van der Waals surface area contributed by atoms with Crippen LogP contribution in [0.25, 0.3) is 5.70 Å². The van der Waals surface area contributed by atoms with Crippen LogP contribution in [0.2, 0.25) is 0 Å². The zero-order valence-electron chi connectivity index (χ0n) is 11.8. The normalized spacial score (nSPS) is 21.5. The highest BCUT2D eigenvalue weighted by Gasteiger charge is 2.23. The fourth-order valence-corrected chi connectivity index (χ4v) is 2.51. The number of allylic oxidation sites excluding steroid dienone is 1. The lowest BCUT2D eigenvalue weighted by atomic mass is 9.97. The Kier molecular flexibility index (Phi) is 5.56. The number of imidazole rings is 1. The molecule has 0 saturated heterocycles. The van der Waals surface area contributed by atoms with Crippen LogP contribution in [0.1, 0.15) is 18.4 Å². The molecule has 3 rings (SSSR count). The monoisotopic (exact) mass is 305 g/mol. The van der Waals surface area contributed by atoms with Crippen molar-refractivity contribution in [2.75, 3.05) is 0 Å². The third-order valence-electron chi connectivity index (χ3n) is 3.64. The van der Waals surface area contributed by atoms with Crippen LogP contribution in [0.5, 0.6) is 0 Å². The van der Waals surface area contributed by atoms with Gasteiger partial charge in [0.15, 0.2) is 0 Å². The molecular formula is C16H20ClN3O. The highest BCUT2D eigenvalue weighted by molar-refractivity contribution is 5.85. The van der Waals surface area contributed by atoms with Crippen LogP contribution in [0, 0.1) is 0 Å². The van der Waals surface area contributed by atoms with E-state index in [1.54, 1.807) is 6.20 Å². The second-order valence-corrected chi connectivity index (χ2v) is 5.08. The zero-order valence-corrected chi connectivity index (χ0v) is 12.6. The standard InChI is InChI=1S/C16H19N3O.ClH/c17-15-10-14(19-9-8-18-12-19)6-7-16(15)20-11-13-4-2-1-3-5-13;/h1-5,8-10,12,15-16H,6-7,11,17H2;1H. The van der Waals surface area contributed by atoms with Crippen LogP contribution >= 0.6 is 12.4 Å². The zero-order chi connectivity index (χ0) is 13.8. The summed E-state index contributed by atoms with van der Waals surface area (Å²) in [6.45, 7) is 0.619. The Morgan fingerprint density at radius 3 is 2.76 bits per heavy atom. The molecule has 1 heterocycles. The van der Waals surface area contributed by atoms with Crippen LogP contribution in [0.15, 0.2) is 55.1 Å². The van der Waals surface area contributed by atoms with Gasteiger partial charge in [0.2, 0.25) is 0 Å². The van der Waals surface area contributed by atoms with Gasteiger partial charge in [-0.1, -0.05) is 30.3 Å².